The maximum atomic E-state index is 12.6. The molecule has 1 aromatic carbocycles. The molecule has 0 saturated carbocycles. The van der Waals surface area contributed by atoms with E-state index in [4.69, 9.17) is 13.8 Å². The molecule has 8 nitrogen and oxygen atoms in total. The molecule has 0 bridgehead atoms. The van der Waals surface area contributed by atoms with Gasteiger partial charge in [-0.25, -0.2) is 4.98 Å². The van der Waals surface area contributed by atoms with Gasteiger partial charge >= 0.3 is 0 Å². The van der Waals surface area contributed by atoms with Crippen LogP contribution in [0.3, 0.4) is 0 Å². The number of aryl methyl sites for hydroxylation is 1. The number of fused-ring (bicyclic) bond motifs is 1. The highest BCUT2D eigenvalue weighted by molar-refractivity contribution is 7.18. The lowest BCUT2D eigenvalue weighted by Gasteiger charge is -2.21. The molecule has 0 unspecified atom stereocenters. The van der Waals surface area contributed by atoms with Crippen molar-refractivity contribution in [1.82, 2.24) is 20.2 Å². The first-order chi connectivity index (χ1) is 13.5. The SMILES string of the molecule is Cc1nc2cc(OCc3cc(C(=O)N(C)[C@H](C)c4ccon4)no3)ccc2s1. The molecule has 4 aromatic rings. The van der Waals surface area contributed by atoms with E-state index >= 15 is 0 Å². The first kappa shape index (κ1) is 18.2. The molecule has 1 atom stereocenters. The quantitative estimate of drug-likeness (QED) is 0.484. The average molecular weight is 398 g/mol. The largest absolute Gasteiger partial charge is 0.485 e. The van der Waals surface area contributed by atoms with Crippen LogP contribution >= 0.6 is 11.3 Å². The van der Waals surface area contributed by atoms with E-state index in [2.05, 4.69) is 15.3 Å². The fourth-order valence-electron chi connectivity index (χ4n) is 2.74. The van der Waals surface area contributed by atoms with Crippen molar-refractivity contribution in [3.8, 4) is 5.75 Å². The number of hydrogen-bond acceptors (Lipinski definition) is 8. The van der Waals surface area contributed by atoms with Crippen LogP contribution in [0.2, 0.25) is 0 Å². The third kappa shape index (κ3) is 3.61. The third-order valence-corrected chi connectivity index (χ3v) is 5.36. The molecular weight excluding hydrogens is 380 g/mol. The molecule has 1 amide bonds. The highest BCUT2D eigenvalue weighted by atomic mass is 32.1. The van der Waals surface area contributed by atoms with E-state index in [0.29, 0.717) is 17.2 Å². The lowest BCUT2D eigenvalue weighted by atomic mass is 10.2. The Morgan fingerprint density at radius 1 is 1.29 bits per heavy atom. The van der Waals surface area contributed by atoms with Crippen molar-refractivity contribution in [1.29, 1.82) is 0 Å². The molecule has 0 saturated heterocycles. The number of carbonyl (C=O) groups excluding carboxylic acids is 1. The summed E-state index contributed by atoms with van der Waals surface area (Å²) in [6.07, 6.45) is 1.47. The smallest absolute Gasteiger partial charge is 0.276 e. The zero-order valence-corrected chi connectivity index (χ0v) is 16.4. The van der Waals surface area contributed by atoms with Gasteiger partial charge < -0.3 is 18.7 Å². The Labute approximate surface area is 164 Å². The van der Waals surface area contributed by atoms with Gasteiger partial charge in [0.25, 0.3) is 5.91 Å². The molecule has 144 valence electrons. The molecule has 0 fully saturated rings. The van der Waals surface area contributed by atoms with Gasteiger partial charge in [-0.1, -0.05) is 10.3 Å². The zero-order valence-electron chi connectivity index (χ0n) is 15.6. The fourth-order valence-corrected chi connectivity index (χ4v) is 3.55. The van der Waals surface area contributed by atoms with E-state index < -0.39 is 0 Å². The predicted octanol–water partition coefficient (Wildman–Crippen LogP) is 3.99. The second-order valence-corrected chi connectivity index (χ2v) is 7.58. The van der Waals surface area contributed by atoms with Crippen molar-refractivity contribution < 1.29 is 18.6 Å². The van der Waals surface area contributed by atoms with Crippen LogP contribution in [-0.4, -0.2) is 33.2 Å². The van der Waals surface area contributed by atoms with Gasteiger partial charge in [0.05, 0.1) is 21.3 Å². The fraction of sp³-hybridized carbons (Fsp3) is 0.263. The minimum absolute atomic E-state index is 0.164. The van der Waals surface area contributed by atoms with Crippen molar-refractivity contribution in [2.24, 2.45) is 0 Å². The molecule has 3 aromatic heterocycles. The summed E-state index contributed by atoms with van der Waals surface area (Å²) >= 11 is 1.64. The van der Waals surface area contributed by atoms with Gasteiger partial charge in [-0.15, -0.1) is 11.3 Å². The number of nitrogens with zero attached hydrogens (tertiary/aromatic N) is 4. The van der Waals surface area contributed by atoms with Crippen molar-refractivity contribution >= 4 is 27.5 Å². The van der Waals surface area contributed by atoms with Crippen LogP contribution in [0, 0.1) is 6.92 Å². The zero-order chi connectivity index (χ0) is 19.7. The van der Waals surface area contributed by atoms with Gasteiger partial charge in [0.1, 0.15) is 24.3 Å². The molecule has 3 heterocycles. The van der Waals surface area contributed by atoms with Crippen LogP contribution < -0.4 is 4.74 Å². The molecule has 0 aliphatic heterocycles. The number of benzene rings is 1. The Balaban J connectivity index is 1.41. The molecule has 9 heteroatoms. The number of aromatic nitrogens is 3. The maximum absolute atomic E-state index is 12.6. The Hall–Kier alpha value is -3.20. The standard InChI is InChI=1S/C19H18N4O4S/c1-11(15-6-7-26-21-15)23(3)19(24)17-9-14(27-22-17)10-25-13-4-5-18-16(8-13)20-12(2)28-18/h4-9,11H,10H2,1-3H3/t11-/m1/s1. The molecular formula is C19H18N4O4S. The Kier molecular flexibility index (Phi) is 4.82. The lowest BCUT2D eigenvalue weighted by Crippen LogP contribution is -2.30. The van der Waals surface area contributed by atoms with E-state index in [1.54, 1.807) is 30.5 Å². The van der Waals surface area contributed by atoms with E-state index in [9.17, 15) is 4.79 Å². The summed E-state index contributed by atoms with van der Waals surface area (Å²) in [5.74, 6) is 0.865. The van der Waals surface area contributed by atoms with Crippen LogP contribution in [0.15, 0.2) is 45.6 Å². The molecule has 0 spiro atoms. The molecule has 0 N–H and O–H groups in total. The average Bonchev–Trinajstić information content (AvgIpc) is 3.43. The number of ether oxygens (including phenoxy) is 1. The lowest BCUT2D eigenvalue weighted by molar-refractivity contribution is 0.0727. The summed E-state index contributed by atoms with van der Waals surface area (Å²) in [6.45, 7) is 3.99. The summed E-state index contributed by atoms with van der Waals surface area (Å²) in [6, 6.07) is 8.79. The second-order valence-electron chi connectivity index (χ2n) is 6.35. The number of hydrogen-bond donors (Lipinski definition) is 0. The molecule has 0 aliphatic carbocycles. The van der Waals surface area contributed by atoms with Crippen molar-refractivity contribution in [3.05, 3.63) is 58.8 Å². The number of rotatable bonds is 6. The molecule has 0 aliphatic rings. The van der Waals surface area contributed by atoms with Gasteiger partial charge in [0.15, 0.2) is 11.5 Å². The van der Waals surface area contributed by atoms with E-state index in [-0.39, 0.29) is 24.2 Å². The van der Waals surface area contributed by atoms with Crippen molar-refractivity contribution in [2.45, 2.75) is 26.5 Å². The van der Waals surface area contributed by atoms with Crippen LogP contribution in [0.5, 0.6) is 5.75 Å². The molecule has 0 radical (unpaired) electrons. The van der Waals surface area contributed by atoms with E-state index in [1.165, 1.54) is 11.2 Å². The van der Waals surface area contributed by atoms with E-state index in [0.717, 1.165) is 15.2 Å². The van der Waals surface area contributed by atoms with Gasteiger partial charge in [-0.3, -0.25) is 4.79 Å². The highest BCUT2D eigenvalue weighted by Crippen LogP contribution is 2.26. The molecule has 4 rings (SSSR count). The second kappa shape index (κ2) is 7.43. The van der Waals surface area contributed by atoms with Crippen molar-refractivity contribution in [3.63, 3.8) is 0 Å². The summed E-state index contributed by atoms with van der Waals surface area (Å²) in [4.78, 5) is 18.6. The summed E-state index contributed by atoms with van der Waals surface area (Å²) in [5.41, 5.74) is 1.77. The summed E-state index contributed by atoms with van der Waals surface area (Å²) in [5, 5.41) is 8.74. The van der Waals surface area contributed by atoms with Crippen molar-refractivity contribution in [2.75, 3.05) is 7.05 Å². The third-order valence-electron chi connectivity index (χ3n) is 4.41. The minimum atomic E-state index is -0.273. The first-order valence-corrected chi connectivity index (χ1v) is 9.46. The van der Waals surface area contributed by atoms with Crippen LogP contribution in [0.1, 0.15) is 39.9 Å². The van der Waals surface area contributed by atoms with Gasteiger partial charge in [0.2, 0.25) is 0 Å². The normalized spacial score (nSPS) is 12.2. The Bertz CT molecular complexity index is 1100. The highest BCUT2D eigenvalue weighted by Gasteiger charge is 2.23. The monoisotopic (exact) mass is 398 g/mol. The van der Waals surface area contributed by atoms with Gasteiger partial charge in [0, 0.05) is 25.2 Å². The number of amides is 1. The first-order valence-electron chi connectivity index (χ1n) is 8.64. The minimum Gasteiger partial charge on any atom is -0.485 e. The van der Waals surface area contributed by atoms with Gasteiger partial charge in [-0.05, 0) is 26.0 Å². The van der Waals surface area contributed by atoms with Crippen LogP contribution in [0.25, 0.3) is 10.2 Å². The van der Waals surface area contributed by atoms with Crippen LogP contribution in [-0.2, 0) is 6.61 Å². The Morgan fingerprint density at radius 2 is 2.14 bits per heavy atom. The van der Waals surface area contributed by atoms with Gasteiger partial charge in [-0.2, -0.15) is 0 Å². The topological polar surface area (TPSA) is 94.5 Å². The summed E-state index contributed by atoms with van der Waals surface area (Å²) < 4.78 is 17.0. The summed E-state index contributed by atoms with van der Waals surface area (Å²) in [7, 11) is 1.68. The predicted molar refractivity (Wildman–Crippen MR) is 102 cm³/mol. The maximum Gasteiger partial charge on any atom is 0.276 e. The molecule has 28 heavy (non-hydrogen) atoms. The number of thiazole rings is 1. The number of carbonyl (C=O) groups is 1. The Morgan fingerprint density at radius 3 is 2.93 bits per heavy atom. The van der Waals surface area contributed by atoms with Crippen LogP contribution in [0.4, 0.5) is 0 Å². The van der Waals surface area contributed by atoms with E-state index in [1.807, 2.05) is 32.0 Å².